The minimum Gasteiger partial charge on any atom is -0.388 e. The van der Waals surface area contributed by atoms with E-state index in [-0.39, 0.29) is 0 Å². The summed E-state index contributed by atoms with van der Waals surface area (Å²) in [4.78, 5) is 2.05. The molecule has 2 rings (SSSR count). The Morgan fingerprint density at radius 3 is 2.32 bits per heavy atom. The van der Waals surface area contributed by atoms with Crippen LogP contribution in [0.1, 0.15) is 22.8 Å². The van der Waals surface area contributed by atoms with Gasteiger partial charge in [-0.3, -0.25) is 0 Å². The van der Waals surface area contributed by atoms with Crippen molar-refractivity contribution in [2.45, 2.75) is 19.4 Å². The van der Waals surface area contributed by atoms with E-state index in [1.54, 1.807) is 0 Å². The number of benzene rings is 2. The highest BCUT2D eigenvalue weighted by molar-refractivity contribution is 5.46. The molecule has 0 aromatic heterocycles. The van der Waals surface area contributed by atoms with Crippen molar-refractivity contribution < 1.29 is 5.11 Å². The minimum atomic E-state index is -0.446. The molecule has 2 aromatic rings. The lowest BCUT2D eigenvalue weighted by molar-refractivity contribution is 0.178. The van der Waals surface area contributed by atoms with Crippen LogP contribution >= 0.6 is 0 Å². The second-order valence-corrected chi connectivity index (χ2v) is 5.19. The third-order valence-electron chi connectivity index (χ3n) is 3.31. The van der Waals surface area contributed by atoms with E-state index in [9.17, 15) is 5.11 Å². The maximum atomic E-state index is 10.3. The zero-order chi connectivity index (χ0) is 13.8. The van der Waals surface area contributed by atoms with Gasteiger partial charge in [-0.05, 0) is 30.2 Å². The Kier molecular flexibility index (Phi) is 4.23. The SMILES string of the molecule is Cc1cccc(CC(O)c2ccc(N(C)C)cc2)c1. The number of aryl methyl sites for hydroxylation is 1. The number of anilines is 1. The second-order valence-electron chi connectivity index (χ2n) is 5.19. The predicted octanol–water partition coefficient (Wildman–Crippen LogP) is 3.34. The lowest BCUT2D eigenvalue weighted by atomic mass is 10.00. The molecule has 0 bridgehead atoms. The van der Waals surface area contributed by atoms with Crippen molar-refractivity contribution in [1.82, 2.24) is 0 Å². The van der Waals surface area contributed by atoms with Gasteiger partial charge in [0, 0.05) is 26.2 Å². The molecular weight excluding hydrogens is 234 g/mol. The molecule has 1 N–H and O–H groups in total. The number of aliphatic hydroxyl groups is 1. The fraction of sp³-hybridized carbons (Fsp3) is 0.294. The number of rotatable bonds is 4. The first kappa shape index (κ1) is 13.6. The molecule has 2 nitrogen and oxygen atoms in total. The maximum absolute atomic E-state index is 10.3. The van der Waals surface area contributed by atoms with Crippen molar-refractivity contribution in [2.75, 3.05) is 19.0 Å². The molecule has 0 amide bonds. The summed E-state index contributed by atoms with van der Waals surface area (Å²) in [5.74, 6) is 0. The van der Waals surface area contributed by atoms with E-state index in [0.717, 1.165) is 11.3 Å². The highest BCUT2D eigenvalue weighted by Gasteiger charge is 2.09. The Labute approximate surface area is 115 Å². The molecule has 0 aliphatic heterocycles. The zero-order valence-corrected chi connectivity index (χ0v) is 11.8. The van der Waals surface area contributed by atoms with Crippen LogP contribution in [0.4, 0.5) is 5.69 Å². The summed E-state index contributed by atoms with van der Waals surface area (Å²) in [6, 6.07) is 16.4. The van der Waals surface area contributed by atoms with Crippen LogP contribution in [0, 0.1) is 6.92 Å². The van der Waals surface area contributed by atoms with Crippen molar-refractivity contribution in [3.05, 3.63) is 65.2 Å². The number of hydrogen-bond acceptors (Lipinski definition) is 2. The molecule has 1 atom stereocenters. The van der Waals surface area contributed by atoms with E-state index in [1.807, 2.05) is 44.4 Å². The molecule has 0 aliphatic carbocycles. The highest BCUT2D eigenvalue weighted by atomic mass is 16.3. The molecule has 1 unspecified atom stereocenters. The van der Waals surface area contributed by atoms with Crippen molar-refractivity contribution in [2.24, 2.45) is 0 Å². The van der Waals surface area contributed by atoms with Gasteiger partial charge in [0.15, 0.2) is 0 Å². The molecule has 0 aliphatic rings. The van der Waals surface area contributed by atoms with Gasteiger partial charge in [0.25, 0.3) is 0 Å². The molecule has 0 fully saturated rings. The van der Waals surface area contributed by atoms with Crippen LogP contribution in [0.25, 0.3) is 0 Å². The monoisotopic (exact) mass is 255 g/mol. The molecule has 0 spiro atoms. The lowest BCUT2D eigenvalue weighted by Gasteiger charge is -2.15. The summed E-state index contributed by atoms with van der Waals surface area (Å²) in [6.07, 6.45) is 0.209. The average molecular weight is 255 g/mol. The van der Waals surface area contributed by atoms with Crippen LogP contribution in [0.3, 0.4) is 0 Å². The standard InChI is InChI=1S/C17H21NO/c1-13-5-4-6-14(11-13)12-17(19)15-7-9-16(10-8-15)18(2)3/h4-11,17,19H,12H2,1-3H3. The van der Waals surface area contributed by atoms with E-state index < -0.39 is 6.10 Å². The number of nitrogens with zero attached hydrogens (tertiary/aromatic N) is 1. The molecule has 0 heterocycles. The highest BCUT2D eigenvalue weighted by Crippen LogP contribution is 2.21. The number of aliphatic hydroxyl groups excluding tert-OH is 1. The van der Waals surface area contributed by atoms with Crippen molar-refractivity contribution in [3.63, 3.8) is 0 Å². The van der Waals surface area contributed by atoms with E-state index in [0.29, 0.717) is 6.42 Å². The summed E-state index contributed by atoms with van der Waals surface area (Å²) >= 11 is 0. The summed E-state index contributed by atoms with van der Waals surface area (Å²) in [5.41, 5.74) is 4.51. The molecule has 2 aromatic carbocycles. The minimum absolute atomic E-state index is 0.446. The van der Waals surface area contributed by atoms with Gasteiger partial charge in [-0.15, -0.1) is 0 Å². The van der Waals surface area contributed by atoms with Gasteiger partial charge in [0.2, 0.25) is 0 Å². The first-order valence-electron chi connectivity index (χ1n) is 6.57. The molecular formula is C17H21NO. The van der Waals surface area contributed by atoms with Gasteiger partial charge in [0.1, 0.15) is 0 Å². The van der Waals surface area contributed by atoms with Crippen molar-refractivity contribution in [1.29, 1.82) is 0 Å². The fourth-order valence-corrected chi connectivity index (χ4v) is 2.17. The van der Waals surface area contributed by atoms with Gasteiger partial charge in [0.05, 0.1) is 6.10 Å². The van der Waals surface area contributed by atoms with Crippen LogP contribution < -0.4 is 4.90 Å². The Morgan fingerprint density at radius 1 is 1.05 bits per heavy atom. The molecule has 0 saturated carbocycles. The topological polar surface area (TPSA) is 23.5 Å². The third-order valence-corrected chi connectivity index (χ3v) is 3.31. The molecule has 0 saturated heterocycles. The van der Waals surface area contributed by atoms with Crippen molar-refractivity contribution in [3.8, 4) is 0 Å². The predicted molar refractivity (Wildman–Crippen MR) is 80.6 cm³/mol. The van der Waals surface area contributed by atoms with Crippen molar-refractivity contribution >= 4 is 5.69 Å². The third kappa shape index (κ3) is 3.58. The number of hydrogen-bond donors (Lipinski definition) is 1. The largest absolute Gasteiger partial charge is 0.388 e. The summed E-state index contributed by atoms with van der Waals surface area (Å²) < 4.78 is 0. The smallest absolute Gasteiger partial charge is 0.0830 e. The average Bonchev–Trinajstić information content (AvgIpc) is 2.39. The Balaban J connectivity index is 2.09. The molecule has 2 heteroatoms. The fourth-order valence-electron chi connectivity index (χ4n) is 2.17. The lowest BCUT2D eigenvalue weighted by Crippen LogP contribution is -2.09. The molecule has 0 radical (unpaired) electrons. The van der Waals surface area contributed by atoms with Crippen LogP contribution in [0.15, 0.2) is 48.5 Å². The van der Waals surface area contributed by atoms with E-state index in [1.165, 1.54) is 11.1 Å². The van der Waals surface area contributed by atoms with E-state index >= 15 is 0 Å². The zero-order valence-electron chi connectivity index (χ0n) is 11.8. The van der Waals surface area contributed by atoms with E-state index in [4.69, 9.17) is 0 Å². The van der Waals surface area contributed by atoms with Gasteiger partial charge in [-0.25, -0.2) is 0 Å². The second kappa shape index (κ2) is 5.89. The summed E-state index contributed by atoms with van der Waals surface area (Å²) in [6.45, 7) is 2.07. The van der Waals surface area contributed by atoms with Crippen LogP contribution in [0.5, 0.6) is 0 Å². The molecule has 100 valence electrons. The Hall–Kier alpha value is -1.80. The molecule has 19 heavy (non-hydrogen) atoms. The summed E-state index contributed by atoms with van der Waals surface area (Å²) in [7, 11) is 4.02. The Bertz CT molecular complexity index is 531. The van der Waals surface area contributed by atoms with Crippen LogP contribution in [0.2, 0.25) is 0 Å². The van der Waals surface area contributed by atoms with E-state index in [2.05, 4.69) is 30.0 Å². The first-order chi connectivity index (χ1) is 9.06. The van der Waals surface area contributed by atoms with Crippen LogP contribution in [-0.2, 0) is 6.42 Å². The Morgan fingerprint density at radius 2 is 1.74 bits per heavy atom. The first-order valence-corrected chi connectivity index (χ1v) is 6.57. The summed E-state index contributed by atoms with van der Waals surface area (Å²) in [5, 5.41) is 10.3. The van der Waals surface area contributed by atoms with Gasteiger partial charge in [-0.1, -0.05) is 42.0 Å². The normalized spacial score (nSPS) is 12.2. The quantitative estimate of drug-likeness (QED) is 0.905. The maximum Gasteiger partial charge on any atom is 0.0830 e. The van der Waals surface area contributed by atoms with Crippen LogP contribution in [-0.4, -0.2) is 19.2 Å². The van der Waals surface area contributed by atoms with Gasteiger partial charge >= 0.3 is 0 Å². The van der Waals surface area contributed by atoms with Gasteiger partial charge in [-0.2, -0.15) is 0 Å². The van der Waals surface area contributed by atoms with Gasteiger partial charge < -0.3 is 10.0 Å².